The van der Waals surface area contributed by atoms with E-state index in [2.05, 4.69) is 15.0 Å². The lowest BCUT2D eigenvalue weighted by Crippen LogP contribution is -2.52. The average molecular weight is 476 g/mol. The monoisotopic (exact) mass is 475 g/mol. The predicted octanol–water partition coefficient (Wildman–Crippen LogP) is 1.79. The second-order valence-electron chi connectivity index (χ2n) is 9.08. The van der Waals surface area contributed by atoms with Crippen LogP contribution in [0, 0.1) is 12.8 Å². The smallest absolute Gasteiger partial charge is 0.227 e. The van der Waals surface area contributed by atoms with Crippen molar-refractivity contribution in [3.05, 3.63) is 35.7 Å². The fourth-order valence-electron chi connectivity index (χ4n) is 4.51. The summed E-state index contributed by atoms with van der Waals surface area (Å²) in [6.07, 6.45) is 4.11. The van der Waals surface area contributed by atoms with Gasteiger partial charge in [-0.1, -0.05) is 35.0 Å². The van der Waals surface area contributed by atoms with E-state index in [1.165, 1.54) is 16.1 Å². The van der Waals surface area contributed by atoms with Crippen molar-refractivity contribution in [1.82, 2.24) is 24.2 Å². The van der Waals surface area contributed by atoms with Crippen LogP contribution in [0.5, 0.6) is 0 Å². The number of piperazine rings is 1. The molecule has 1 aromatic heterocycles. The first kappa shape index (κ1) is 23.8. The topological polar surface area (TPSA) is 99.9 Å². The van der Waals surface area contributed by atoms with Crippen LogP contribution in [0.1, 0.15) is 30.7 Å². The molecule has 1 aromatic carbocycles. The summed E-state index contributed by atoms with van der Waals surface area (Å²) in [7, 11) is -3.16. The Hall–Kier alpha value is -2.30. The van der Waals surface area contributed by atoms with E-state index in [0.29, 0.717) is 37.6 Å². The van der Waals surface area contributed by atoms with Crippen LogP contribution in [-0.2, 0) is 21.2 Å². The van der Waals surface area contributed by atoms with E-state index in [-0.39, 0.29) is 11.8 Å². The second kappa shape index (κ2) is 10.3. The Kier molecular flexibility index (Phi) is 7.45. The van der Waals surface area contributed by atoms with Gasteiger partial charge in [0.25, 0.3) is 0 Å². The highest BCUT2D eigenvalue weighted by molar-refractivity contribution is 7.88. The first-order chi connectivity index (χ1) is 15.8. The van der Waals surface area contributed by atoms with Gasteiger partial charge in [0.05, 0.1) is 6.26 Å². The number of sulfonamides is 1. The van der Waals surface area contributed by atoms with Crippen molar-refractivity contribution < 1.29 is 17.7 Å². The van der Waals surface area contributed by atoms with Gasteiger partial charge in [0.15, 0.2) is 0 Å². The predicted molar refractivity (Wildman–Crippen MR) is 125 cm³/mol. The number of amides is 1. The van der Waals surface area contributed by atoms with Crippen molar-refractivity contribution in [2.24, 2.45) is 5.92 Å². The minimum atomic E-state index is -3.16. The van der Waals surface area contributed by atoms with Gasteiger partial charge in [-0.15, -0.1) is 0 Å². The number of hydrogen-bond donors (Lipinski definition) is 0. The van der Waals surface area contributed by atoms with Crippen LogP contribution in [0.15, 0.2) is 28.8 Å². The van der Waals surface area contributed by atoms with Gasteiger partial charge in [0, 0.05) is 57.2 Å². The molecule has 0 radical (unpaired) electrons. The van der Waals surface area contributed by atoms with Crippen molar-refractivity contribution in [2.75, 3.05) is 52.1 Å². The Labute approximate surface area is 195 Å². The summed E-state index contributed by atoms with van der Waals surface area (Å²) in [5, 5.41) is 4.09. The van der Waals surface area contributed by atoms with Crippen LogP contribution < -0.4 is 0 Å². The average Bonchev–Trinajstić information content (AvgIpc) is 3.28. The summed E-state index contributed by atoms with van der Waals surface area (Å²) in [6.45, 7) is 7.01. The zero-order chi connectivity index (χ0) is 23.4. The molecular formula is C23H33N5O4S. The molecule has 180 valence electrons. The minimum absolute atomic E-state index is 0.0604. The number of carbonyl (C=O) groups excluding carboxylic acids is 1. The maximum atomic E-state index is 12.9. The lowest BCUT2D eigenvalue weighted by molar-refractivity contribution is -0.138. The van der Waals surface area contributed by atoms with Gasteiger partial charge in [-0.3, -0.25) is 9.69 Å². The van der Waals surface area contributed by atoms with Crippen molar-refractivity contribution in [2.45, 2.75) is 32.6 Å². The van der Waals surface area contributed by atoms with Gasteiger partial charge >= 0.3 is 0 Å². The third-order valence-corrected chi connectivity index (χ3v) is 7.90. The van der Waals surface area contributed by atoms with E-state index in [1.54, 1.807) is 0 Å². The molecular weight excluding hydrogens is 442 g/mol. The number of piperidine rings is 1. The molecule has 0 unspecified atom stereocenters. The number of hydrogen-bond acceptors (Lipinski definition) is 7. The molecule has 2 aliphatic heterocycles. The second-order valence-corrected chi connectivity index (χ2v) is 11.1. The molecule has 2 saturated heterocycles. The zero-order valence-corrected chi connectivity index (χ0v) is 20.3. The molecule has 9 nitrogen and oxygen atoms in total. The van der Waals surface area contributed by atoms with Gasteiger partial charge in [0.2, 0.25) is 27.6 Å². The van der Waals surface area contributed by atoms with Crippen molar-refractivity contribution in [3.8, 4) is 11.4 Å². The molecule has 0 atom stereocenters. The van der Waals surface area contributed by atoms with Gasteiger partial charge in [0.1, 0.15) is 0 Å². The van der Waals surface area contributed by atoms with Crippen LogP contribution in [0.3, 0.4) is 0 Å². The summed E-state index contributed by atoms with van der Waals surface area (Å²) < 4.78 is 30.2. The minimum Gasteiger partial charge on any atom is -0.340 e. The highest BCUT2D eigenvalue weighted by Crippen LogP contribution is 2.22. The van der Waals surface area contributed by atoms with E-state index in [0.717, 1.165) is 51.1 Å². The molecule has 2 fully saturated rings. The molecule has 10 heteroatoms. The van der Waals surface area contributed by atoms with Gasteiger partial charge < -0.3 is 9.42 Å². The summed E-state index contributed by atoms with van der Waals surface area (Å²) in [5.41, 5.74) is 2.15. The number of carbonyl (C=O) groups is 1. The van der Waals surface area contributed by atoms with E-state index in [1.807, 2.05) is 36.1 Å². The van der Waals surface area contributed by atoms with Crippen LogP contribution in [-0.4, -0.2) is 90.6 Å². The molecule has 1 amide bonds. The molecule has 2 aliphatic rings. The van der Waals surface area contributed by atoms with Crippen molar-refractivity contribution in [1.29, 1.82) is 0 Å². The summed E-state index contributed by atoms with van der Waals surface area (Å²) in [6, 6.07) is 8.07. The third kappa shape index (κ3) is 6.18. The zero-order valence-electron chi connectivity index (χ0n) is 19.4. The lowest BCUT2D eigenvalue weighted by Gasteiger charge is -2.38. The Balaban J connectivity index is 1.17. The normalized spacial score (nSPS) is 19.2. The lowest BCUT2D eigenvalue weighted by atomic mass is 9.96. The first-order valence-electron chi connectivity index (χ1n) is 11.7. The van der Waals surface area contributed by atoms with Crippen molar-refractivity contribution >= 4 is 15.9 Å². The van der Waals surface area contributed by atoms with Crippen molar-refractivity contribution in [3.63, 3.8) is 0 Å². The standard InChI is InChI=1S/C23H33N5O4S/c1-18-5-7-19(8-6-18)22-24-21(32-25-22)4-3-11-26-14-16-27(17-15-26)23(29)20-9-12-28(13-10-20)33(2,30)31/h5-8,20H,3-4,9-17H2,1-2H3. The molecule has 0 bridgehead atoms. The quantitative estimate of drug-likeness (QED) is 0.602. The molecule has 0 N–H and O–H groups in total. The fourth-order valence-corrected chi connectivity index (χ4v) is 5.39. The van der Waals surface area contributed by atoms with Gasteiger partial charge in [-0.2, -0.15) is 4.98 Å². The third-order valence-electron chi connectivity index (χ3n) is 6.60. The van der Waals surface area contributed by atoms with Crippen LogP contribution in [0.4, 0.5) is 0 Å². The highest BCUT2D eigenvalue weighted by atomic mass is 32.2. The van der Waals surface area contributed by atoms with E-state index < -0.39 is 10.0 Å². The molecule has 2 aromatic rings. The number of rotatable bonds is 7. The number of aryl methyl sites for hydroxylation is 2. The van der Waals surface area contributed by atoms with Gasteiger partial charge in [-0.25, -0.2) is 12.7 Å². The van der Waals surface area contributed by atoms with Crippen LogP contribution in [0.2, 0.25) is 0 Å². The number of aromatic nitrogens is 2. The van der Waals surface area contributed by atoms with Crippen LogP contribution >= 0.6 is 0 Å². The maximum Gasteiger partial charge on any atom is 0.227 e. The van der Waals surface area contributed by atoms with E-state index in [4.69, 9.17) is 4.52 Å². The number of benzene rings is 1. The SMILES string of the molecule is Cc1ccc(-c2noc(CCCN3CCN(C(=O)C4CCN(S(C)(=O)=O)CC4)CC3)n2)cc1. The summed E-state index contributed by atoms with van der Waals surface area (Å²) in [4.78, 5) is 21.7. The summed E-state index contributed by atoms with van der Waals surface area (Å²) in [5.74, 6) is 1.39. The molecule has 3 heterocycles. The molecule has 0 aliphatic carbocycles. The molecule has 33 heavy (non-hydrogen) atoms. The summed E-state index contributed by atoms with van der Waals surface area (Å²) >= 11 is 0. The molecule has 0 saturated carbocycles. The van der Waals surface area contributed by atoms with E-state index in [9.17, 15) is 13.2 Å². The Morgan fingerprint density at radius 3 is 2.36 bits per heavy atom. The largest absolute Gasteiger partial charge is 0.340 e. The van der Waals surface area contributed by atoms with Gasteiger partial charge in [-0.05, 0) is 32.7 Å². The molecule has 0 spiro atoms. The molecule has 4 rings (SSSR count). The first-order valence-corrected chi connectivity index (χ1v) is 13.5. The Morgan fingerprint density at radius 1 is 1.06 bits per heavy atom. The van der Waals surface area contributed by atoms with E-state index >= 15 is 0 Å². The Bertz CT molecular complexity index is 1040. The number of nitrogens with zero attached hydrogens (tertiary/aromatic N) is 5. The fraction of sp³-hybridized carbons (Fsp3) is 0.609. The van der Waals surface area contributed by atoms with Crippen LogP contribution in [0.25, 0.3) is 11.4 Å². The highest BCUT2D eigenvalue weighted by Gasteiger charge is 2.32. The Morgan fingerprint density at radius 2 is 1.73 bits per heavy atom. The maximum absolute atomic E-state index is 12.9.